The Hall–Kier alpha value is -0.643. The SMILES string of the molecule is CCCC1(O[SiH2]C(C)(C)C(C)C)C(C)(C)CCC1(CO)c1ccccc1. The van der Waals surface area contributed by atoms with Gasteiger partial charge >= 0.3 is 0 Å². The lowest BCUT2D eigenvalue weighted by molar-refractivity contribution is -0.0914. The molecule has 0 radical (unpaired) electrons. The molecule has 0 amide bonds. The van der Waals surface area contributed by atoms with Crippen LogP contribution in [0.2, 0.25) is 5.04 Å². The van der Waals surface area contributed by atoms with Gasteiger partial charge in [-0.2, -0.15) is 0 Å². The van der Waals surface area contributed by atoms with Gasteiger partial charge in [0.1, 0.15) is 0 Å². The van der Waals surface area contributed by atoms with Crippen LogP contribution in [-0.2, 0) is 9.84 Å². The molecule has 1 fully saturated rings. The van der Waals surface area contributed by atoms with Gasteiger partial charge in [0.25, 0.3) is 0 Å². The second kappa shape index (κ2) is 7.77. The quantitative estimate of drug-likeness (QED) is 0.629. The summed E-state index contributed by atoms with van der Waals surface area (Å²) in [6.07, 6.45) is 4.18. The molecule has 0 aromatic heterocycles. The van der Waals surface area contributed by atoms with Crippen molar-refractivity contribution in [3.8, 4) is 0 Å². The van der Waals surface area contributed by atoms with Crippen LogP contribution in [0.4, 0.5) is 0 Å². The van der Waals surface area contributed by atoms with E-state index in [-0.39, 0.29) is 28.1 Å². The van der Waals surface area contributed by atoms with E-state index in [9.17, 15) is 5.11 Å². The minimum atomic E-state index is -0.778. The first-order valence-corrected chi connectivity index (χ1v) is 11.7. The molecule has 0 heterocycles. The van der Waals surface area contributed by atoms with Crippen LogP contribution in [0.15, 0.2) is 30.3 Å². The lowest BCUT2D eigenvalue weighted by atomic mass is 9.61. The minimum Gasteiger partial charge on any atom is -0.416 e. The Bertz CT molecular complexity index is 581. The topological polar surface area (TPSA) is 29.5 Å². The monoisotopic (exact) mass is 376 g/mol. The van der Waals surface area contributed by atoms with Crippen LogP contribution in [0.5, 0.6) is 0 Å². The first-order valence-electron chi connectivity index (χ1n) is 10.4. The third-order valence-corrected chi connectivity index (χ3v) is 9.69. The Morgan fingerprint density at radius 2 is 1.77 bits per heavy atom. The summed E-state index contributed by atoms with van der Waals surface area (Å²) in [5.74, 6) is 0.609. The molecule has 148 valence electrons. The molecular formula is C23H40O2Si. The smallest absolute Gasteiger partial charge is 0.168 e. The zero-order valence-corrected chi connectivity index (χ0v) is 19.5. The molecule has 1 N–H and O–H groups in total. The average Bonchev–Trinajstić information content (AvgIpc) is 2.83. The van der Waals surface area contributed by atoms with Crippen LogP contribution < -0.4 is 0 Å². The molecule has 3 heteroatoms. The summed E-state index contributed by atoms with van der Waals surface area (Å²) in [6, 6.07) is 10.7. The Balaban J connectivity index is 2.55. The fourth-order valence-corrected chi connectivity index (χ4v) is 6.58. The zero-order chi connectivity index (χ0) is 19.6. The lowest BCUT2D eigenvalue weighted by Crippen LogP contribution is -2.59. The molecule has 26 heavy (non-hydrogen) atoms. The minimum absolute atomic E-state index is 0.0572. The number of hydrogen-bond acceptors (Lipinski definition) is 2. The summed E-state index contributed by atoms with van der Waals surface area (Å²) >= 11 is 0. The van der Waals surface area contributed by atoms with E-state index in [0.29, 0.717) is 5.92 Å². The molecule has 2 nitrogen and oxygen atoms in total. The highest BCUT2D eigenvalue weighted by atomic mass is 28.2. The first kappa shape index (κ1) is 21.7. The summed E-state index contributed by atoms with van der Waals surface area (Å²) in [4.78, 5) is 0. The van der Waals surface area contributed by atoms with E-state index in [1.165, 1.54) is 5.56 Å². The molecule has 0 bridgehead atoms. The fraction of sp³-hybridized carbons (Fsp3) is 0.739. The zero-order valence-electron chi connectivity index (χ0n) is 18.1. The van der Waals surface area contributed by atoms with Crippen LogP contribution in [0.3, 0.4) is 0 Å². The summed E-state index contributed by atoms with van der Waals surface area (Å²) in [5.41, 5.74) is 0.719. The second-order valence-electron chi connectivity index (χ2n) is 10.00. The van der Waals surface area contributed by atoms with Gasteiger partial charge in [0.15, 0.2) is 9.76 Å². The fourth-order valence-electron chi connectivity index (χ4n) is 4.82. The van der Waals surface area contributed by atoms with E-state index in [0.717, 1.165) is 25.7 Å². The molecular weight excluding hydrogens is 336 g/mol. The van der Waals surface area contributed by atoms with Gasteiger partial charge < -0.3 is 9.53 Å². The van der Waals surface area contributed by atoms with Gasteiger partial charge in [-0.25, -0.2) is 0 Å². The molecule has 2 rings (SSSR count). The van der Waals surface area contributed by atoms with Gasteiger partial charge in [-0.1, -0.05) is 85.2 Å². The maximum Gasteiger partial charge on any atom is 0.168 e. The Morgan fingerprint density at radius 3 is 2.27 bits per heavy atom. The van der Waals surface area contributed by atoms with Gasteiger partial charge in [-0.15, -0.1) is 0 Å². The largest absolute Gasteiger partial charge is 0.416 e. The average molecular weight is 377 g/mol. The molecule has 1 aliphatic rings. The molecule has 2 atom stereocenters. The van der Waals surface area contributed by atoms with Crippen molar-refractivity contribution >= 4 is 9.76 Å². The molecule has 1 aliphatic carbocycles. The van der Waals surface area contributed by atoms with E-state index in [2.05, 4.69) is 78.8 Å². The molecule has 0 saturated heterocycles. The molecule has 1 saturated carbocycles. The number of aliphatic hydroxyl groups is 1. The highest BCUT2D eigenvalue weighted by molar-refractivity contribution is 6.32. The Kier molecular flexibility index (Phi) is 6.47. The maximum atomic E-state index is 10.7. The maximum absolute atomic E-state index is 10.7. The molecule has 2 unspecified atom stereocenters. The van der Waals surface area contributed by atoms with Crippen molar-refractivity contribution in [2.24, 2.45) is 11.3 Å². The standard InChI is InChI=1S/C23H40O2Si/c1-8-14-23(25-26-21(6,7)18(2)3)20(4,5)15-16-22(23,17-24)19-12-10-9-11-13-19/h9-13,18,24H,8,14-17,26H2,1-7H3. The number of benzene rings is 1. The third-order valence-electron chi connectivity index (χ3n) is 7.49. The van der Waals surface area contributed by atoms with Crippen molar-refractivity contribution < 1.29 is 9.53 Å². The summed E-state index contributed by atoms with van der Waals surface area (Å²) in [5, 5.41) is 11.0. The van der Waals surface area contributed by atoms with Crippen molar-refractivity contribution in [1.82, 2.24) is 0 Å². The van der Waals surface area contributed by atoms with Gasteiger partial charge in [0, 0.05) is 5.41 Å². The molecule has 0 aliphatic heterocycles. The van der Waals surface area contributed by atoms with Crippen LogP contribution in [0, 0.1) is 11.3 Å². The van der Waals surface area contributed by atoms with E-state index < -0.39 is 9.76 Å². The number of hydrogen-bond donors (Lipinski definition) is 1. The van der Waals surface area contributed by atoms with E-state index >= 15 is 0 Å². The Morgan fingerprint density at radius 1 is 1.15 bits per heavy atom. The predicted molar refractivity (Wildman–Crippen MR) is 114 cm³/mol. The van der Waals surface area contributed by atoms with Gasteiger partial charge in [0.05, 0.1) is 12.2 Å². The molecule has 1 aromatic rings. The third kappa shape index (κ3) is 3.43. The van der Waals surface area contributed by atoms with Crippen LogP contribution >= 0.6 is 0 Å². The van der Waals surface area contributed by atoms with Crippen LogP contribution in [-0.4, -0.2) is 27.1 Å². The molecule has 0 spiro atoms. The highest BCUT2D eigenvalue weighted by Gasteiger charge is 2.64. The second-order valence-corrected chi connectivity index (χ2v) is 12.4. The number of aliphatic hydroxyl groups excluding tert-OH is 1. The van der Waals surface area contributed by atoms with E-state index in [4.69, 9.17) is 4.43 Å². The highest BCUT2D eigenvalue weighted by Crippen LogP contribution is 2.62. The van der Waals surface area contributed by atoms with Crippen molar-refractivity contribution in [2.75, 3.05) is 6.61 Å². The molecule has 1 aromatic carbocycles. The normalized spacial score (nSPS) is 29.1. The van der Waals surface area contributed by atoms with Gasteiger partial charge in [0.2, 0.25) is 0 Å². The summed E-state index contributed by atoms with van der Waals surface area (Å²) in [7, 11) is -0.778. The lowest BCUT2D eigenvalue weighted by Gasteiger charge is -2.53. The Labute approximate surface area is 163 Å². The van der Waals surface area contributed by atoms with Crippen molar-refractivity contribution in [1.29, 1.82) is 0 Å². The van der Waals surface area contributed by atoms with E-state index in [1.54, 1.807) is 0 Å². The summed E-state index contributed by atoms with van der Waals surface area (Å²) < 4.78 is 7.11. The predicted octanol–water partition coefficient (Wildman–Crippen LogP) is 5.23. The van der Waals surface area contributed by atoms with Crippen LogP contribution in [0.1, 0.15) is 79.7 Å². The summed E-state index contributed by atoms with van der Waals surface area (Å²) in [6.45, 7) is 16.5. The first-order chi connectivity index (χ1) is 12.1. The van der Waals surface area contributed by atoms with Crippen molar-refractivity contribution in [2.45, 2.75) is 90.2 Å². The van der Waals surface area contributed by atoms with Gasteiger partial charge in [-0.3, -0.25) is 0 Å². The van der Waals surface area contributed by atoms with Crippen molar-refractivity contribution in [3.05, 3.63) is 35.9 Å². The van der Waals surface area contributed by atoms with Crippen LogP contribution in [0.25, 0.3) is 0 Å². The van der Waals surface area contributed by atoms with Gasteiger partial charge in [-0.05, 0) is 41.2 Å². The van der Waals surface area contributed by atoms with Crippen molar-refractivity contribution in [3.63, 3.8) is 0 Å². The number of rotatable bonds is 8. The van der Waals surface area contributed by atoms with E-state index in [1.807, 2.05) is 0 Å².